The molecule has 0 unspecified atom stereocenters. The van der Waals surface area contributed by atoms with Crippen molar-refractivity contribution in [3.8, 4) is 11.4 Å². The van der Waals surface area contributed by atoms with Crippen LogP contribution in [0.3, 0.4) is 0 Å². The molecule has 0 saturated heterocycles. The molecule has 0 fully saturated rings. The van der Waals surface area contributed by atoms with E-state index in [9.17, 15) is 0 Å². The highest BCUT2D eigenvalue weighted by Gasteiger charge is 2.14. The number of nitrogens with one attached hydrogen (secondary N) is 2. The van der Waals surface area contributed by atoms with E-state index in [1.54, 1.807) is 0 Å². The average Bonchev–Trinajstić information content (AvgIpc) is 3.10. The third-order valence-corrected chi connectivity index (χ3v) is 4.43. The van der Waals surface area contributed by atoms with Gasteiger partial charge < -0.3 is 15.2 Å². The van der Waals surface area contributed by atoms with Crippen molar-refractivity contribution in [2.45, 2.75) is 39.7 Å². The maximum absolute atomic E-state index is 5.32. The lowest BCUT2D eigenvalue weighted by atomic mass is 9.87. The van der Waals surface area contributed by atoms with Crippen LogP contribution in [0.1, 0.15) is 37.8 Å². The van der Waals surface area contributed by atoms with E-state index >= 15 is 0 Å². The van der Waals surface area contributed by atoms with Crippen molar-refractivity contribution in [2.24, 2.45) is 0 Å². The molecule has 1 aromatic heterocycles. The number of aryl methyl sites for hydroxylation is 1. The van der Waals surface area contributed by atoms with Gasteiger partial charge in [0, 0.05) is 11.3 Å². The molecule has 5 nitrogen and oxygen atoms in total. The zero-order valence-electron chi connectivity index (χ0n) is 16.0. The minimum atomic E-state index is 0.116. The lowest BCUT2D eigenvalue weighted by Crippen LogP contribution is -2.27. The smallest absolute Gasteiger partial charge is 0.246 e. The fourth-order valence-corrected chi connectivity index (χ4v) is 2.72. The van der Waals surface area contributed by atoms with Gasteiger partial charge in [-0.05, 0) is 42.3 Å². The summed E-state index contributed by atoms with van der Waals surface area (Å²) >= 11 is 5.31. The highest BCUT2D eigenvalue weighted by Crippen LogP contribution is 2.24. The second-order valence-corrected chi connectivity index (χ2v) is 7.92. The zero-order valence-corrected chi connectivity index (χ0v) is 16.9. The molecule has 3 aromatic rings. The first-order chi connectivity index (χ1) is 12.8. The molecule has 0 bridgehead atoms. The van der Waals surface area contributed by atoms with E-state index in [1.165, 1.54) is 11.1 Å². The summed E-state index contributed by atoms with van der Waals surface area (Å²) in [4.78, 5) is 4.44. The highest BCUT2D eigenvalue weighted by atomic mass is 32.1. The molecule has 0 aliphatic heterocycles. The molecule has 0 radical (unpaired) electrons. The van der Waals surface area contributed by atoms with Crippen molar-refractivity contribution in [2.75, 3.05) is 5.32 Å². The molecule has 0 aliphatic carbocycles. The Balaban J connectivity index is 1.57. The van der Waals surface area contributed by atoms with E-state index in [0.717, 1.165) is 11.3 Å². The Morgan fingerprint density at radius 3 is 2.33 bits per heavy atom. The Morgan fingerprint density at radius 1 is 1.04 bits per heavy atom. The number of hydrogen-bond donors (Lipinski definition) is 2. The van der Waals surface area contributed by atoms with Crippen LogP contribution in [0.5, 0.6) is 0 Å². The lowest BCUT2D eigenvalue weighted by Gasteiger charge is -2.18. The van der Waals surface area contributed by atoms with Gasteiger partial charge in [0.15, 0.2) is 5.11 Å². The van der Waals surface area contributed by atoms with E-state index in [4.69, 9.17) is 16.7 Å². The monoisotopic (exact) mass is 380 g/mol. The molecule has 2 N–H and O–H groups in total. The van der Waals surface area contributed by atoms with E-state index in [1.807, 2.05) is 43.3 Å². The van der Waals surface area contributed by atoms with Gasteiger partial charge in [-0.25, -0.2) is 0 Å². The van der Waals surface area contributed by atoms with E-state index in [0.29, 0.717) is 23.4 Å². The van der Waals surface area contributed by atoms with Gasteiger partial charge in [-0.2, -0.15) is 4.98 Å². The predicted octanol–water partition coefficient (Wildman–Crippen LogP) is 4.83. The summed E-state index contributed by atoms with van der Waals surface area (Å²) in [5.41, 5.74) is 4.45. The van der Waals surface area contributed by atoms with Crippen LogP contribution >= 0.6 is 12.2 Å². The minimum absolute atomic E-state index is 0.116. The number of thiocarbonyl (C=S) groups is 1. The van der Waals surface area contributed by atoms with Gasteiger partial charge in [0.05, 0.1) is 6.54 Å². The van der Waals surface area contributed by atoms with Crippen LogP contribution in [0.4, 0.5) is 5.69 Å². The van der Waals surface area contributed by atoms with Crippen molar-refractivity contribution in [3.05, 3.63) is 65.5 Å². The Bertz CT molecular complexity index is 909. The van der Waals surface area contributed by atoms with Crippen molar-refractivity contribution in [1.29, 1.82) is 0 Å². The molecule has 0 aliphatic rings. The summed E-state index contributed by atoms with van der Waals surface area (Å²) in [5, 5.41) is 10.8. The molecule has 0 saturated carbocycles. The van der Waals surface area contributed by atoms with Crippen LogP contribution in [0.15, 0.2) is 53.1 Å². The molecule has 2 aromatic carbocycles. The second kappa shape index (κ2) is 7.88. The second-order valence-electron chi connectivity index (χ2n) is 7.51. The molecule has 0 spiro atoms. The van der Waals surface area contributed by atoms with Crippen molar-refractivity contribution >= 4 is 23.0 Å². The third-order valence-electron chi connectivity index (χ3n) is 4.19. The zero-order chi connectivity index (χ0) is 19.4. The Labute approximate surface area is 165 Å². The van der Waals surface area contributed by atoms with Crippen LogP contribution in [0.25, 0.3) is 11.4 Å². The number of aromatic nitrogens is 2. The fourth-order valence-electron chi connectivity index (χ4n) is 2.53. The quantitative estimate of drug-likeness (QED) is 0.632. The van der Waals surface area contributed by atoms with E-state index < -0.39 is 0 Å². The van der Waals surface area contributed by atoms with Crippen LogP contribution in [0, 0.1) is 6.92 Å². The number of nitrogens with zero attached hydrogens (tertiary/aromatic N) is 2. The molecular formula is C21H24N4OS. The molecule has 1 heterocycles. The van der Waals surface area contributed by atoms with Crippen LogP contribution in [0.2, 0.25) is 0 Å². The standard InChI is InChI=1S/C21H24N4OS/c1-14-5-11-17(12-6-14)23-20(27)22-13-18-24-19(25-26-18)15-7-9-16(10-8-15)21(2,3)4/h5-12H,13H2,1-4H3,(H2,22,23,27). The summed E-state index contributed by atoms with van der Waals surface area (Å²) in [6.45, 7) is 8.98. The van der Waals surface area contributed by atoms with Crippen molar-refractivity contribution in [1.82, 2.24) is 15.5 Å². The van der Waals surface area contributed by atoms with E-state index in [-0.39, 0.29) is 5.41 Å². The van der Waals surface area contributed by atoms with Gasteiger partial charge in [-0.3, -0.25) is 0 Å². The highest BCUT2D eigenvalue weighted by molar-refractivity contribution is 7.80. The van der Waals surface area contributed by atoms with Gasteiger partial charge in [0.2, 0.25) is 11.7 Å². The number of anilines is 1. The van der Waals surface area contributed by atoms with Crippen molar-refractivity contribution < 1.29 is 4.52 Å². The van der Waals surface area contributed by atoms with Gasteiger partial charge in [0.1, 0.15) is 0 Å². The van der Waals surface area contributed by atoms with E-state index in [2.05, 4.69) is 53.7 Å². The molecule has 140 valence electrons. The molecule has 0 atom stereocenters. The molecule has 0 amide bonds. The number of rotatable bonds is 4. The van der Waals surface area contributed by atoms with Gasteiger partial charge in [0.25, 0.3) is 0 Å². The summed E-state index contributed by atoms with van der Waals surface area (Å²) in [6, 6.07) is 16.3. The van der Waals surface area contributed by atoms with Crippen molar-refractivity contribution in [3.63, 3.8) is 0 Å². The van der Waals surface area contributed by atoms with Crippen LogP contribution in [-0.2, 0) is 12.0 Å². The fraction of sp³-hybridized carbons (Fsp3) is 0.286. The largest absolute Gasteiger partial charge is 0.353 e. The molecule has 27 heavy (non-hydrogen) atoms. The Kier molecular flexibility index (Phi) is 5.56. The first-order valence-electron chi connectivity index (χ1n) is 8.86. The summed E-state index contributed by atoms with van der Waals surface area (Å²) in [7, 11) is 0. The number of hydrogen-bond acceptors (Lipinski definition) is 4. The first kappa shape index (κ1) is 19.0. The predicted molar refractivity (Wildman–Crippen MR) is 113 cm³/mol. The SMILES string of the molecule is Cc1ccc(NC(=S)NCc2nc(-c3ccc(C(C)(C)C)cc3)no2)cc1. The Hall–Kier alpha value is -2.73. The van der Waals surface area contributed by atoms with Gasteiger partial charge in [-0.15, -0.1) is 0 Å². The topological polar surface area (TPSA) is 63.0 Å². The van der Waals surface area contributed by atoms with Gasteiger partial charge >= 0.3 is 0 Å². The normalized spacial score (nSPS) is 11.3. The summed E-state index contributed by atoms with van der Waals surface area (Å²) < 4.78 is 5.32. The third kappa shape index (κ3) is 5.14. The molecular weight excluding hydrogens is 356 g/mol. The van der Waals surface area contributed by atoms with Gasteiger partial charge in [-0.1, -0.05) is 67.9 Å². The number of benzene rings is 2. The lowest BCUT2D eigenvalue weighted by molar-refractivity contribution is 0.376. The summed E-state index contributed by atoms with van der Waals surface area (Å²) in [6.07, 6.45) is 0. The maximum Gasteiger partial charge on any atom is 0.246 e. The van der Waals surface area contributed by atoms with Crippen LogP contribution in [-0.4, -0.2) is 15.3 Å². The Morgan fingerprint density at radius 2 is 1.70 bits per heavy atom. The minimum Gasteiger partial charge on any atom is -0.353 e. The summed E-state index contributed by atoms with van der Waals surface area (Å²) in [5.74, 6) is 1.06. The van der Waals surface area contributed by atoms with Crippen LogP contribution < -0.4 is 10.6 Å². The average molecular weight is 381 g/mol. The maximum atomic E-state index is 5.32. The first-order valence-corrected chi connectivity index (χ1v) is 9.27. The molecule has 6 heteroatoms. The molecule has 3 rings (SSSR count).